The maximum absolute atomic E-state index is 12.7. The van der Waals surface area contributed by atoms with E-state index in [0.29, 0.717) is 31.7 Å². The number of halogens is 4. The molecule has 7 nitrogen and oxygen atoms in total. The molecular weight excluding hydrogens is 601 g/mol. The Hall–Kier alpha value is -1.81. The van der Waals surface area contributed by atoms with E-state index in [2.05, 4.69) is 47.7 Å². The van der Waals surface area contributed by atoms with E-state index >= 15 is 0 Å². The number of hydrogen-bond acceptors (Lipinski definition) is 5. The highest BCUT2D eigenvalue weighted by atomic mass is 79.9. The quantitative estimate of drug-likeness (QED) is 0.247. The van der Waals surface area contributed by atoms with Crippen molar-refractivity contribution in [3.8, 4) is 11.5 Å². The first-order chi connectivity index (χ1) is 15.5. The maximum Gasteiger partial charge on any atom is 0.262 e. The lowest BCUT2D eigenvalue weighted by Gasteiger charge is -2.22. The fourth-order valence-corrected chi connectivity index (χ4v) is 4.39. The van der Waals surface area contributed by atoms with Gasteiger partial charge in [0.25, 0.3) is 11.8 Å². The van der Waals surface area contributed by atoms with Gasteiger partial charge in [-0.25, -0.2) is 5.43 Å². The summed E-state index contributed by atoms with van der Waals surface area (Å²) in [5.41, 5.74) is 3.08. The maximum atomic E-state index is 12.7. The number of benzene rings is 2. The first kappa shape index (κ1) is 27.4. The van der Waals surface area contributed by atoms with Crippen molar-refractivity contribution >= 4 is 73.1 Å². The summed E-state index contributed by atoms with van der Waals surface area (Å²) in [6, 6.07) is 7.15. The predicted molar refractivity (Wildman–Crippen MR) is 137 cm³/mol. The minimum absolute atomic E-state index is 0.0621. The molecule has 0 fully saturated rings. The van der Waals surface area contributed by atoms with Crippen LogP contribution in [-0.4, -0.2) is 35.3 Å². The third-order valence-corrected chi connectivity index (χ3v) is 6.07. The van der Waals surface area contributed by atoms with E-state index in [1.54, 1.807) is 31.2 Å². The Morgan fingerprint density at radius 3 is 2.33 bits per heavy atom. The smallest absolute Gasteiger partial charge is 0.262 e. The molecule has 33 heavy (non-hydrogen) atoms. The average molecular weight is 624 g/mol. The summed E-state index contributed by atoms with van der Waals surface area (Å²) in [4.78, 5) is 25.4. The molecule has 0 spiro atoms. The molecule has 0 heterocycles. The summed E-state index contributed by atoms with van der Waals surface area (Å²) in [6.07, 6.45) is 0.925. The molecule has 0 unspecified atom stereocenters. The van der Waals surface area contributed by atoms with Gasteiger partial charge in [-0.1, -0.05) is 37.0 Å². The molecule has 2 rings (SSSR count). The van der Waals surface area contributed by atoms with Gasteiger partial charge >= 0.3 is 0 Å². The Kier molecular flexibility index (Phi) is 10.5. The number of carbonyl (C=O) groups excluding carboxylic acids is 2. The second-order valence-corrected chi connectivity index (χ2v) is 10.1. The lowest BCUT2D eigenvalue weighted by molar-refractivity contribution is -0.132. The second-order valence-electron chi connectivity index (χ2n) is 7.59. The highest BCUT2D eigenvalue weighted by molar-refractivity contribution is 9.11. The zero-order chi connectivity index (χ0) is 24.7. The molecule has 0 bridgehead atoms. The Morgan fingerprint density at radius 2 is 1.76 bits per heavy atom. The summed E-state index contributed by atoms with van der Waals surface area (Å²) in [5, 5.41) is 17.2. The zero-order valence-electron chi connectivity index (χ0n) is 18.0. The van der Waals surface area contributed by atoms with Gasteiger partial charge in [0.2, 0.25) is 0 Å². The van der Waals surface area contributed by atoms with Crippen LogP contribution in [0.25, 0.3) is 0 Å². The van der Waals surface area contributed by atoms with E-state index in [0.717, 1.165) is 0 Å². The normalized spacial score (nSPS) is 13.1. The number of carbonyl (C=O) groups is 2. The molecule has 3 N–H and O–H groups in total. The standard InChI is InChI=1S/C22H23Br2Cl2N3O4/c1-11(2)6-18(22(32)29-27-10-13-7-15(23)20(30)16(24)8-13)28-21(31)12(3)33-19-5-4-14(25)9-17(19)26/h4-5,7-12,18,30H,6H2,1-3H3,(H,28,31)(H,29,32)/b27-10-/t12-,18-/m1/s1. The molecule has 2 amide bonds. The molecule has 0 aliphatic rings. The van der Waals surface area contributed by atoms with Crippen molar-refractivity contribution in [1.82, 2.24) is 10.7 Å². The Balaban J connectivity index is 2.03. The van der Waals surface area contributed by atoms with Crippen molar-refractivity contribution < 1.29 is 19.4 Å². The number of ether oxygens (including phenoxy) is 1. The number of nitrogens with one attached hydrogen (secondary N) is 2. The van der Waals surface area contributed by atoms with Crippen LogP contribution >= 0.6 is 55.1 Å². The number of hydrazone groups is 1. The summed E-state index contributed by atoms with van der Waals surface area (Å²) >= 11 is 18.5. The summed E-state index contributed by atoms with van der Waals surface area (Å²) in [5.74, 6) is -0.438. The lowest BCUT2D eigenvalue weighted by Crippen LogP contribution is -2.49. The van der Waals surface area contributed by atoms with Crippen molar-refractivity contribution in [2.75, 3.05) is 0 Å². The fourth-order valence-electron chi connectivity index (χ4n) is 2.71. The molecule has 0 saturated carbocycles. The van der Waals surface area contributed by atoms with E-state index in [1.165, 1.54) is 12.3 Å². The number of amides is 2. The van der Waals surface area contributed by atoms with Crippen molar-refractivity contribution in [2.45, 2.75) is 39.3 Å². The van der Waals surface area contributed by atoms with Gasteiger partial charge in [0.1, 0.15) is 17.5 Å². The number of aromatic hydroxyl groups is 1. The molecule has 0 aliphatic heterocycles. The van der Waals surface area contributed by atoms with Crippen LogP contribution in [0.1, 0.15) is 32.8 Å². The minimum Gasteiger partial charge on any atom is -0.506 e. The van der Waals surface area contributed by atoms with E-state index in [9.17, 15) is 14.7 Å². The molecule has 0 aliphatic carbocycles. The molecule has 2 aromatic rings. The van der Waals surface area contributed by atoms with E-state index in [4.69, 9.17) is 27.9 Å². The molecule has 0 radical (unpaired) electrons. The van der Waals surface area contributed by atoms with Crippen molar-refractivity contribution in [3.63, 3.8) is 0 Å². The third kappa shape index (κ3) is 8.48. The van der Waals surface area contributed by atoms with Gasteiger partial charge in [-0.3, -0.25) is 9.59 Å². The molecular formula is C22H23Br2Cl2N3O4. The van der Waals surface area contributed by atoms with Crippen LogP contribution in [0.2, 0.25) is 10.0 Å². The number of hydrogen-bond donors (Lipinski definition) is 3. The van der Waals surface area contributed by atoms with Crippen molar-refractivity contribution in [3.05, 3.63) is 54.9 Å². The number of nitrogens with zero attached hydrogens (tertiary/aromatic N) is 1. The van der Waals surface area contributed by atoms with Crippen LogP contribution in [-0.2, 0) is 9.59 Å². The Bertz CT molecular complexity index is 1030. The predicted octanol–water partition coefficient (Wildman–Crippen LogP) is 5.67. The summed E-state index contributed by atoms with van der Waals surface area (Å²) in [7, 11) is 0. The highest BCUT2D eigenvalue weighted by Gasteiger charge is 2.25. The van der Waals surface area contributed by atoms with Gasteiger partial charge in [-0.15, -0.1) is 0 Å². The van der Waals surface area contributed by atoms with Crippen molar-refractivity contribution in [2.24, 2.45) is 11.0 Å². The van der Waals surface area contributed by atoms with Gasteiger partial charge < -0.3 is 15.2 Å². The number of rotatable bonds is 9. The van der Waals surface area contributed by atoms with Gasteiger partial charge in [0, 0.05) is 5.02 Å². The van der Waals surface area contributed by atoms with Crippen LogP contribution in [0.3, 0.4) is 0 Å². The first-order valence-electron chi connectivity index (χ1n) is 9.91. The van der Waals surface area contributed by atoms with Crippen LogP contribution in [0.15, 0.2) is 44.4 Å². The SMILES string of the molecule is CC(C)C[C@@H](NC(=O)[C@@H](C)Oc1ccc(Cl)cc1Cl)C(=O)N/N=C\c1cc(Br)c(O)c(Br)c1. The van der Waals surface area contributed by atoms with Gasteiger partial charge in [-0.2, -0.15) is 5.10 Å². The van der Waals surface area contributed by atoms with Gasteiger partial charge in [0.15, 0.2) is 6.10 Å². The molecule has 0 aromatic heterocycles. The molecule has 11 heteroatoms. The van der Waals surface area contributed by atoms with Crippen LogP contribution in [0.4, 0.5) is 0 Å². The first-order valence-corrected chi connectivity index (χ1v) is 12.2. The van der Waals surface area contributed by atoms with E-state index in [-0.39, 0.29) is 16.7 Å². The lowest BCUT2D eigenvalue weighted by atomic mass is 10.0. The minimum atomic E-state index is -0.902. The zero-order valence-corrected chi connectivity index (χ0v) is 22.7. The topological polar surface area (TPSA) is 100 Å². The van der Waals surface area contributed by atoms with E-state index in [1.807, 2.05) is 13.8 Å². The van der Waals surface area contributed by atoms with Crippen LogP contribution in [0, 0.1) is 5.92 Å². The number of phenols is 1. The van der Waals surface area contributed by atoms with Gasteiger partial charge in [-0.05, 0) is 87.0 Å². The van der Waals surface area contributed by atoms with Crippen LogP contribution in [0.5, 0.6) is 11.5 Å². The van der Waals surface area contributed by atoms with Crippen LogP contribution < -0.4 is 15.5 Å². The molecule has 178 valence electrons. The summed E-state index contributed by atoms with van der Waals surface area (Å²) < 4.78 is 6.58. The Labute approximate surface area is 219 Å². The Morgan fingerprint density at radius 1 is 1.12 bits per heavy atom. The third-order valence-electron chi connectivity index (χ3n) is 4.33. The van der Waals surface area contributed by atoms with E-state index < -0.39 is 24.0 Å². The summed E-state index contributed by atoms with van der Waals surface area (Å²) in [6.45, 7) is 5.44. The largest absolute Gasteiger partial charge is 0.506 e. The molecule has 2 atom stereocenters. The van der Waals surface area contributed by atoms with Crippen molar-refractivity contribution in [1.29, 1.82) is 0 Å². The van der Waals surface area contributed by atoms with Gasteiger partial charge in [0.05, 0.1) is 20.2 Å². The average Bonchev–Trinajstić information content (AvgIpc) is 2.72. The molecule has 0 saturated heterocycles. The monoisotopic (exact) mass is 621 g/mol. The fraction of sp³-hybridized carbons (Fsp3) is 0.318. The second kappa shape index (κ2) is 12.6. The highest BCUT2D eigenvalue weighted by Crippen LogP contribution is 2.32. The molecule has 2 aromatic carbocycles. The number of phenolic OH excluding ortho intramolecular Hbond substituents is 1.